The standard InChI is InChI=1S/C9H15BrO2/c10-6-2-1-3-7-12-9(11)8-4-5-8/h8H,1-7H2. The molecule has 1 rings (SSSR count). The first-order valence-electron chi connectivity index (χ1n) is 4.57. The van der Waals surface area contributed by atoms with Crippen molar-refractivity contribution in [3.63, 3.8) is 0 Å². The molecule has 0 saturated heterocycles. The van der Waals surface area contributed by atoms with Gasteiger partial charge in [0.15, 0.2) is 0 Å². The number of rotatable bonds is 6. The Morgan fingerprint density at radius 2 is 2.08 bits per heavy atom. The predicted octanol–water partition coefficient (Wildman–Crippen LogP) is 2.50. The number of hydrogen-bond acceptors (Lipinski definition) is 2. The van der Waals surface area contributed by atoms with Crippen molar-refractivity contribution in [1.82, 2.24) is 0 Å². The van der Waals surface area contributed by atoms with E-state index in [4.69, 9.17) is 4.74 Å². The molecule has 1 aliphatic carbocycles. The number of esters is 1. The summed E-state index contributed by atoms with van der Waals surface area (Å²) in [5.41, 5.74) is 0. The normalized spacial score (nSPS) is 16.1. The Kier molecular flexibility index (Phi) is 4.66. The maximum Gasteiger partial charge on any atom is 0.308 e. The van der Waals surface area contributed by atoms with Crippen LogP contribution in [0.2, 0.25) is 0 Å². The van der Waals surface area contributed by atoms with Gasteiger partial charge in [0.2, 0.25) is 0 Å². The third-order valence-corrected chi connectivity index (χ3v) is 2.49. The van der Waals surface area contributed by atoms with E-state index in [1.807, 2.05) is 0 Å². The molecule has 1 fully saturated rings. The summed E-state index contributed by atoms with van der Waals surface area (Å²) < 4.78 is 5.06. The average molecular weight is 235 g/mol. The highest BCUT2D eigenvalue weighted by Gasteiger charge is 2.30. The fourth-order valence-corrected chi connectivity index (χ4v) is 1.38. The first kappa shape index (κ1) is 10.0. The molecule has 0 aliphatic heterocycles. The van der Waals surface area contributed by atoms with Gasteiger partial charge in [-0.15, -0.1) is 0 Å². The molecule has 0 aromatic heterocycles. The van der Waals surface area contributed by atoms with Gasteiger partial charge < -0.3 is 4.74 Å². The van der Waals surface area contributed by atoms with E-state index < -0.39 is 0 Å². The quantitative estimate of drug-likeness (QED) is 0.401. The number of alkyl halides is 1. The summed E-state index contributed by atoms with van der Waals surface area (Å²) in [4.78, 5) is 11.0. The number of ether oxygens (including phenoxy) is 1. The second kappa shape index (κ2) is 5.57. The molecule has 3 heteroatoms. The number of halogens is 1. The lowest BCUT2D eigenvalue weighted by molar-refractivity contribution is -0.145. The van der Waals surface area contributed by atoms with Gasteiger partial charge in [-0.25, -0.2) is 0 Å². The molecule has 0 spiro atoms. The van der Waals surface area contributed by atoms with Crippen molar-refractivity contribution in [2.45, 2.75) is 32.1 Å². The van der Waals surface area contributed by atoms with Crippen LogP contribution in [0, 0.1) is 5.92 Å². The Morgan fingerprint density at radius 3 is 2.67 bits per heavy atom. The number of carbonyl (C=O) groups excluding carboxylic acids is 1. The zero-order chi connectivity index (χ0) is 8.81. The molecule has 0 bridgehead atoms. The summed E-state index contributed by atoms with van der Waals surface area (Å²) in [7, 11) is 0. The van der Waals surface area contributed by atoms with Crippen LogP contribution in [0.5, 0.6) is 0 Å². The summed E-state index contributed by atoms with van der Waals surface area (Å²) in [6, 6.07) is 0. The third-order valence-electron chi connectivity index (χ3n) is 1.93. The maximum absolute atomic E-state index is 11.0. The Labute approximate surface area is 81.8 Å². The lowest BCUT2D eigenvalue weighted by Gasteiger charge is -2.02. The van der Waals surface area contributed by atoms with Crippen LogP contribution in [0.15, 0.2) is 0 Å². The van der Waals surface area contributed by atoms with Crippen LogP contribution in [-0.4, -0.2) is 17.9 Å². The van der Waals surface area contributed by atoms with E-state index in [-0.39, 0.29) is 11.9 Å². The van der Waals surface area contributed by atoms with Crippen LogP contribution in [-0.2, 0) is 9.53 Å². The summed E-state index contributed by atoms with van der Waals surface area (Å²) in [6.45, 7) is 0.613. The molecular formula is C9H15BrO2. The van der Waals surface area contributed by atoms with Gasteiger partial charge in [-0.1, -0.05) is 15.9 Å². The van der Waals surface area contributed by atoms with Crippen LogP contribution in [0.4, 0.5) is 0 Å². The fraction of sp³-hybridized carbons (Fsp3) is 0.889. The second-order valence-corrected chi connectivity index (χ2v) is 3.98. The molecule has 0 atom stereocenters. The highest BCUT2D eigenvalue weighted by molar-refractivity contribution is 9.09. The van der Waals surface area contributed by atoms with E-state index in [9.17, 15) is 4.79 Å². The minimum Gasteiger partial charge on any atom is -0.465 e. The molecule has 2 nitrogen and oxygen atoms in total. The van der Waals surface area contributed by atoms with Crippen molar-refractivity contribution in [2.24, 2.45) is 5.92 Å². The van der Waals surface area contributed by atoms with Gasteiger partial charge in [0.1, 0.15) is 0 Å². The van der Waals surface area contributed by atoms with Crippen molar-refractivity contribution in [1.29, 1.82) is 0 Å². The lowest BCUT2D eigenvalue weighted by atomic mass is 10.3. The van der Waals surface area contributed by atoms with Gasteiger partial charge in [-0.3, -0.25) is 4.79 Å². The molecule has 0 N–H and O–H groups in total. The van der Waals surface area contributed by atoms with Crippen molar-refractivity contribution >= 4 is 21.9 Å². The van der Waals surface area contributed by atoms with E-state index in [1.165, 1.54) is 6.42 Å². The molecule has 12 heavy (non-hydrogen) atoms. The van der Waals surface area contributed by atoms with E-state index in [0.717, 1.165) is 31.0 Å². The SMILES string of the molecule is O=C(OCCCCCBr)C1CC1. The van der Waals surface area contributed by atoms with Gasteiger partial charge >= 0.3 is 5.97 Å². The molecule has 0 aromatic rings. The first-order chi connectivity index (χ1) is 5.84. The third kappa shape index (κ3) is 4.10. The monoisotopic (exact) mass is 234 g/mol. The molecule has 0 heterocycles. The van der Waals surface area contributed by atoms with Crippen LogP contribution in [0.25, 0.3) is 0 Å². The summed E-state index contributed by atoms with van der Waals surface area (Å²) in [5.74, 6) is 0.273. The summed E-state index contributed by atoms with van der Waals surface area (Å²) >= 11 is 3.36. The summed E-state index contributed by atoms with van der Waals surface area (Å²) in [6.07, 6.45) is 5.40. The van der Waals surface area contributed by atoms with E-state index in [2.05, 4.69) is 15.9 Å². The maximum atomic E-state index is 11.0. The Hall–Kier alpha value is -0.0500. The molecule has 0 radical (unpaired) electrons. The molecule has 0 unspecified atom stereocenters. The van der Waals surface area contributed by atoms with Gasteiger partial charge in [-0.2, -0.15) is 0 Å². The second-order valence-electron chi connectivity index (χ2n) is 3.19. The van der Waals surface area contributed by atoms with Crippen molar-refractivity contribution in [3.05, 3.63) is 0 Å². The van der Waals surface area contributed by atoms with Crippen molar-refractivity contribution in [2.75, 3.05) is 11.9 Å². The minimum atomic E-state index is 0.0221. The zero-order valence-electron chi connectivity index (χ0n) is 7.22. The van der Waals surface area contributed by atoms with Gasteiger partial charge in [0.05, 0.1) is 12.5 Å². The predicted molar refractivity (Wildman–Crippen MR) is 51.3 cm³/mol. The minimum absolute atomic E-state index is 0.0221. The highest BCUT2D eigenvalue weighted by atomic mass is 79.9. The molecule has 70 valence electrons. The van der Waals surface area contributed by atoms with Gasteiger partial charge in [0, 0.05) is 5.33 Å². The van der Waals surface area contributed by atoms with E-state index in [0.29, 0.717) is 6.61 Å². The molecular weight excluding hydrogens is 220 g/mol. The van der Waals surface area contributed by atoms with Crippen molar-refractivity contribution < 1.29 is 9.53 Å². The molecule has 0 amide bonds. The largest absolute Gasteiger partial charge is 0.465 e. The summed E-state index contributed by atoms with van der Waals surface area (Å²) in [5, 5.41) is 1.05. The lowest BCUT2D eigenvalue weighted by Crippen LogP contribution is -2.07. The Bertz CT molecular complexity index is 143. The molecule has 0 aromatic carbocycles. The fourth-order valence-electron chi connectivity index (χ4n) is 0.983. The Balaban J connectivity index is 1.84. The van der Waals surface area contributed by atoms with Crippen LogP contribution >= 0.6 is 15.9 Å². The topological polar surface area (TPSA) is 26.3 Å². The highest BCUT2D eigenvalue weighted by Crippen LogP contribution is 2.30. The number of carbonyl (C=O) groups is 1. The molecule has 1 saturated carbocycles. The zero-order valence-corrected chi connectivity index (χ0v) is 8.81. The van der Waals surface area contributed by atoms with Crippen molar-refractivity contribution in [3.8, 4) is 0 Å². The molecule has 1 aliphatic rings. The smallest absolute Gasteiger partial charge is 0.308 e. The van der Waals surface area contributed by atoms with Gasteiger partial charge in [-0.05, 0) is 32.1 Å². The number of unbranched alkanes of at least 4 members (excludes halogenated alkanes) is 2. The van der Waals surface area contributed by atoms with Crippen LogP contribution in [0.3, 0.4) is 0 Å². The van der Waals surface area contributed by atoms with E-state index >= 15 is 0 Å². The Morgan fingerprint density at radius 1 is 1.33 bits per heavy atom. The van der Waals surface area contributed by atoms with Crippen LogP contribution in [0.1, 0.15) is 32.1 Å². The van der Waals surface area contributed by atoms with E-state index in [1.54, 1.807) is 0 Å². The van der Waals surface area contributed by atoms with Gasteiger partial charge in [0.25, 0.3) is 0 Å². The number of hydrogen-bond donors (Lipinski definition) is 0. The first-order valence-corrected chi connectivity index (χ1v) is 5.69. The average Bonchev–Trinajstić information content (AvgIpc) is 2.86. The van der Waals surface area contributed by atoms with Crippen LogP contribution < -0.4 is 0 Å².